The van der Waals surface area contributed by atoms with E-state index in [9.17, 15) is 9.18 Å². The van der Waals surface area contributed by atoms with Gasteiger partial charge in [0, 0.05) is 30.1 Å². The van der Waals surface area contributed by atoms with Gasteiger partial charge in [-0.3, -0.25) is 9.48 Å². The zero-order valence-corrected chi connectivity index (χ0v) is 19.2. The van der Waals surface area contributed by atoms with Crippen molar-refractivity contribution >= 4 is 33.3 Å². The number of aromatic nitrogens is 4. The fourth-order valence-corrected chi connectivity index (χ4v) is 4.72. The monoisotopic (exact) mass is 449 g/mol. The molecule has 3 aromatic heterocycles. The lowest BCUT2D eigenvalue weighted by Gasteiger charge is -2.15. The quantitative estimate of drug-likeness (QED) is 0.433. The standard InChI is InChI=1S/C24H24FN5OS/c1-13-10-16(13)22(31)27-23-20(18-6-5-7-19(26-18)24(2,3)25)21(29-32-23)14-8-9-17-15(11-14)12-30(4)28-17/h5-9,11-13,16H,10H2,1-4H3,(H,27,31)/t13-,16-/m1/s1. The number of nitrogens with one attached hydrogen (secondary N) is 1. The fraction of sp³-hybridized carbons (Fsp3) is 0.333. The first-order valence-corrected chi connectivity index (χ1v) is 11.4. The first kappa shape index (κ1) is 20.8. The van der Waals surface area contributed by atoms with E-state index in [-0.39, 0.29) is 11.8 Å². The van der Waals surface area contributed by atoms with Crippen molar-refractivity contribution in [1.29, 1.82) is 0 Å². The summed E-state index contributed by atoms with van der Waals surface area (Å²) in [4.78, 5) is 17.3. The van der Waals surface area contributed by atoms with E-state index in [1.54, 1.807) is 16.8 Å². The van der Waals surface area contributed by atoms with Crippen LogP contribution in [-0.2, 0) is 17.5 Å². The highest BCUT2D eigenvalue weighted by molar-refractivity contribution is 7.11. The van der Waals surface area contributed by atoms with Crippen molar-refractivity contribution in [2.45, 2.75) is 32.9 Å². The molecular weight excluding hydrogens is 425 g/mol. The van der Waals surface area contributed by atoms with Gasteiger partial charge in [-0.2, -0.15) is 9.47 Å². The summed E-state index contributed by atoms with van der Waals surface area (Å²) in [5.41, 5.74) is 2.55. The summed E-state index contributed by atoms with van der Waals surface area (Å²) in [6.07, 6.45) is 2.85. The molecule has 164 valence electrons. The molecule has 0 saturated heterocycles. The van der Waals surface area contributed by atoms with Gasteiger partial charge in [-0.25, -0.2) is 9.37 Å². The molecule has 3 heterocycles. The second-order valence-corrected chi connectivity index (χ2v) is 9.77. The Morgan fingerprint density at radius 3 is 2.78 bits per heavy atom. The molecule has 0 spiro atoms. The van der Waals surface area contributed by atoms with Crippen LogP contribution >= 0.6 is 11.5 Å². The minimum atomic E-state index is -1.58. The number of hydrogen-bond acceptors (Lipinski definition) is 5. The van der Waals surface area contributed by atoms with Crippen LogP contribution in [0.25, 0.3) is 33.4 Å². The number of pyridine rings is 1. The van der Waals surface area contributed by atoms with Crippen molar-refractivity contribution in [2.75, 3.05) is 5.32 Å². The third-order valence-corrected chi connectivity index (χ3v) is 6.64. The lowest BCUT2D eigenvalue weighted by atomic mass is 10.0. The number of fused-ring (bicyclic) bond motifs is 1. The normalized spacial score (nSPS) is 18.2. The van der Waals surface area contributed by atoms with E-state index < -0.39 is 5.67 Å². The van der Waals surface area contributed by atoms with Crippen molar-refractivity contribution in [1.82, 2.24) is 19.1 Å². The number of amides is 1. The van der Waals surface area contributed by atoms with Crippen LogP contribution < -0.4 is 5.32 Å². The molecule has 1 aliphatic rings. The van der Waals surface area contributed by atoms with Crippen LogP contribution in [0.5, 0.6) is 0 Å². The van der Waals surface area contributed by atoms with Crippen molar-refractivity contribution in [2.24, 2.45) is 18.9 Å². The van der Waals surface area contributed by atoms with Crippen LogP contribution in [0.4, 0.5) is 9.39 Å². The van der Waals surface area contributed by atoms with E-state index in [1.165, 1.54) is 25.4 Å². The highest BCUT2D eigenvalue weighted by Gasteiger charge is 2.39. The zero-order chi connectivity index (χ0) is 22.6. The van der Waals surface area contributed by atoms with Gasteiger partial charge in [0.05, 0.1) is 28.2 Å². The number of anilines is 1. The zero-order valence-electron chi connectivity index (χ0n) is 18.4. The average molecular weight is 450 g/mol. The summed E-state index contributed by atoms with van der Waals surface area (Å²) in [5, 5.41) is 9.12. The number of benzene rings is 1. The van der Waals surface area contributed by atoms with Crippen molar-refractivity contribution in [3.63, 3.8) is 0 Å². The van der Waals surface area contributed by atoms with Gasteiger partial charge in [-0.1, -0.05) is 19.1 Å². The van der Waals surface area contributed by atoms with E-state index in [0.717, 1.165) is 22.9 Å². The van der Waals surface area contributed by atoms with Crippen LogP contribution in [0, 0.1) is 11.8 Å². The van der Waals surface area contributed by atoms with E-state index in [2.05, 4.69) is 26.7 Å². The molecule has 1 saturated carbocycles. The highest BCUT2D eigenvalue weighted by atomic mass is 32.1. The number of hydrogen-bond donors (Lipinski definition) is 1. The SMILES string of the molecule is C[C@@H]1C[C@H]1C(=O)Nc1snc(-c2ccc3nn(C)cc3c2)c1-c1cccc(C(C)(C)F)n1. The minimum absolute atomic E-state index is 0.00126. The predicted molar refractivity (Wildman–Crippen MR) is 125 cm³/mol. The third kappa shape index (κ3) is 3.79. The first-order valence-electron chi connectivity index (χ1n) is 10.6. The summed E-state index contributed by atoms with van der Waals surface area (Å²) in [5.74, 6) is 0.426. The van der Waals surface area contributed by atoms with Gasteiger partial charge in [0.15, 0.2) is 0 Å². The van der Waals surface area contributed by atoms with E-state index >= 15 is 0 Å². The van der Waals surface area contributed by atoms with Crippen LogP contribution in [0.2, 0.25) is 0 Å². The molecule has 0 radical (unpaired) electrons. The molecule has 0 unspecified atom stereocenters. The summed E-state index contributed by atoms with van der Waals surface area (Å²) >= 11 is 1.23. The Labute approximate surface area is 189 Å². The molecule has 1 aromatic carbocycles. The van der Waals surface area contributed by atoms with Crippen molar-refractivity contribution < 1.29 is 9.18 Å². The van der Waals surface area contributed by atoms with Crippen LogP contribution in [0.3, 0.4) is 0 Å². The van der Waals surface area contributed by atoms with Gasteiger partial charge in [-0.15, -0.1) is 0 Å². The molecule has 4 aromatic rings. The largest absolute Gasteiger partial charge is 0.316 e. The summed E-state index contributed by atoms with van der Waals surface area (Å²) in [7, 11) is 1.88. The summed E-state index contributed by atoms with van der Waals surface area (Å²) in [6, 6.07) is 11.2. The lowest BCUT2D eigenvalue weighted by molar-refractivity contribution is -0.117. The second-order valence-electron chi connectivity index (χ2n) is 9.00. The fourth-order valence-electron chi connectivity index (χ4n) is 3.90. The Bertz CT molecular complexity index is 1340. The molecule has 2 atom stereocenters. The maximum Gasteiger partial charge on any atom is 0.228 e. The Morgan fingerprint density at radius 1 is 1.28 bits per heavy atom. The second kappa shape index (κ2) is 7.48. The smallest absolute Gasteiger partial charge is 0.228 e. The van der Waals surface area contributed by atoms with Gasteiger partial charge in [-0.05, 0) is 62.0 Å². The molecule has 0 bridgehead atoms. The molecule has 1 fully saturated rings. The van der Waals surface area contributed by atoms with Crippen molar-refractivity contribution in [3.05, 3.63) is 48.3 Å². The van der Waals surface area contributed by atoms with Crippen LogP contribution in [0.1, 0.15) is 32.9 Å². The maximum absolute atomic E-state index is 14.7. The molecule has 1 amide bonds. The van der Waals surface area contributed by atoms with E-state index in [4.69, 9.17) is 0 Å². The third-order valence-electron chi connectivity index (χ3n) is 5.88. The molecule has 1 aliphatic carbocycles. The van der Waals surface area contributed by atoms with E-state index in [1.807, 2.05) is 37.5 Å². The molecule has 0 aliphatic heterocycles. The Hall–Kier alpha value is -3.13. The Kier molecular flexibility index (Phi) is 4.85. The van der Waals surface area contributed by atoms with Crippen LogP contribution in [0.15, 0.2) is 42.6 Å². The van der Waals surface area contributed by atoms with Gasteiger partial charge in [0.1, 0.15) is 10.7 Å². The van der Waals surface area contributed by atoms with Gasteiger partial charge >= 0.3 is 0 Å². The molecular formula is C24H24FN5OS. The number of rotatable bonds is 5. The minimum Gasteiger partial charge on any atom is -0.316 e. The van der Waals surface area contributed by atoms with E-state index in [0.29, 0.717) is 33.6 Å². The number of alkyl halides is 1. The van der Waals surface area contributed by atoms with Crippen molar-refractivity contribution in [3.8, 4) is 22.5 Å². The molecule has 32 heavy (non-hydrogen) atoms. The van der Waals surface area contributed by atoms with Gasteiger partial charge < -0.3 is 5.32 Å². The number of aryl methyl sites for hydroxylation is 1. The molecule has 8 heteroatoms. The summed E-state index contributed by atoms with van der Waals surface area (Å²) in [6.45, 7) is 5.04. The maximum atomic E-state index is 14.7. The Balaban J connectivity index is 1.64. The van der Waals surface area contributed by atoms with Gasteiger partial charge in [0.2, 0.25) is 5.91 Å². The number of halogens is 1. The van der Waals surface area contributed by atoms with Crippen LogP contribution in [-0.4, -0.2) is 25.0 Å². The predicted octanol–water partition coefficient (Wildman–Crippen LogP) is 5.56. The van der Waals surface area contributed by atoms with Gasteiger partial charge in [0.25, 0.3) is 0 Å². The molecule has 6 nitrogen and oxygen atoms in total. The highest BCUT2D eigenvalue weighted by Crippen LogP contribution is 2.43. The number of carbonyl (C=O) groups is 1. The first-order chi connectivity index (χ1) is 15.2. The summed E-state index contributed by atoms with van der Waals surface area (Å²) < 4.78 is 21.1. The molecule has 1 N–H and O–H groups in total. The number of nitrogens with zero attached hydrogens (tertiary/aromatic N) is 4. The average Bonchev–Trinajstić information content (AvgIpc) is 3.16. The lowest BCUT2D eigenvalue weighted by Crippen LogP contribution is -2.14. The topological polar surface area (TPSA) is 72.7 Å². The molecule has 5 rings (SSSR count). The Morgan fingerprint density at radius 2 is 2.06 bits per heavy atom. The number of carbonyl (C=O) groups excluding carboxylic acids is 1.